The normalized spacial score (nSPS) is 12.6. The summed E-state index contributed by atoms with van der Waals surface area (Å²) in [4.78, 5) is 4.11. The lowest BCUT2D eigenvalue weighted by Crippen LogP contribution is -2.21. The van der Waals surface area contributed by atoms with Crippen LogP contribution in [0.5, 0.6) is 0 Å². The van der Waals surface area contributed by atoms with Crippen molar-refractivity contribution in [1.29, 1.82) is 0 Å². The van der Waals surface area contributed by atoms with Crippen LogP contribution in [0.15, 0.2) is 30.6 Å². The standard InChI is InChI=1S/C14H19N3O/c1-3-18-9-10(2)17-14-5-4-13(15)12-8-16-7-6-11(12)14/h4-8,10,17H,3,9,15H2,1-2H3. The number of fused-ring (bicyclic) bond motifs is 1. The van der Waals surface area contributed by atoms with E-state index in [-0.39, 0.29) is 6.04 Å². The zero-order chi connectivity index (χ0) is 13.0. The highest BCUT2D eigenvalue weighted by Gasteiger charge is 2.07. The molecule has 18 heavy (non-hydrogen) atoms. The van der Waals surface area contributed by atoms with E-state index in [0.717, 1.165) is 28.8 Å². The highest BCUT2D eigenvalue weighted by atomic mass is 16.5. The summed E-state index contributed by atoms with van der Waals surface area (Å²) >= 11 is 0. The Kier molecular flexibility index (Phi) is 3.99. The Morgan fingerprint density at radius 3 is 2.94 bits per heavy atom. The molecule has 1 heterocycles. The maximum absolute atomic E-state index is 5.94. The van der Waals surface area contributed by atoms with Crippen molar-refractivity contribution in [3.05, 3.63) is 30.6 Å². The van der Waals surface area contributed by atoms with E-state index in [1.54, 1.807) is 12.4 Å². The van der Waals surface area contributed by atoms with Crippen molar-refractivity contribution in [2.24, 2.45) is 0 Å². The van der Waals surface area contributed by atoms with E-state index in [9.17, 15) is 0 Å². The Labute approximate surface area is 107 Å². The van der Waals surface area contributed by atoms with Crippen LogP contribution < -0.4 is 11.1 Å². The largest absolute Gasteiger partial charge is 0.398 e. The molecule has 0 aliphatic rings. The third-order valence-corrected chi connectivity index (χ3v) is 2.83. The molecule has 2 aromatic rings. The molecule has 1 unspecified atom stereocenters. The molecule has 1 aromatic heterocycles. The molecule has 1 atom stereocenters. The molecule has 2 rings (SSSR count). The summed E-state index contributed by atoms with van der Waals surface area (Å²) in [5, 5.41) is 5.51. The second-order valence-corrected chi connectivity index (χ2v) is 4.33. The number of nitrogens with two attached hydrogens (primary N) is 1. The number of rotatable bonds is 5. The zero-order valence-corrected chi connectivity index (χ0v) is 10.8. The fourth-order valence-corrected chi connectivity index (χ4v) is 1.94. The number of pyridine rings is 1. The number of nitrogens with zero attached hydrogens (tertiary/aromatic N) is 1. The van der Waals surface area contributed by atoms with Crippen molar-refractivity contribution in [2.75, 3.05) is 24.3 Å². The van der Waals surface area contributed by atoms with Crippen LogP contribution in [0.3, 0.4) is 0 Å². The maximum atomic E-state index is 5.94. The molecule has 4 nitrogen and oxygen atoms in total. The number of benzene rings is 1. The first kappa shape index (κ1) is 12.6. The van der Waals surface area contributed by atoms with E-state index in [1.165, 1.54) is 0 Å². The lowest BCUT2D eigenvalue weighted by Gasteiger charge is -2.17. The molecule has 3 N–H and O–H groups in total. The molecule has 0 bridgehead atoms. The Morgan fingerprint density at radius 1 is 1.33 bits per heavy atom. The molecule has 0 aliphatic carbocycles. The van der Waals surface area contributed by atoms with Crippen molar-refractivity contribution >= 4 is 22.1 Å². The quantitative estimate of drug-likeness (QED) is 0.795. The SMILES string of the molecule is CCOCC(C)Nc1ccc(N)c2cnccc12. The van der Waals surface area contributed by atoms with Gasteiger partial charge >= 0.3 is 0 Å². The van der Waals surface area contributed by atoms with Gasteiger partial charge in [0, 0.05) is 47.2 Å². The number of aromatic nitrogens is 1. The van der Waals surface area contributed by atoms with Gasteiger partial charge in [0.05, 0.1) is 6.61 Å². The number of nitrogens with one attached hydrogen (secondary N) is 1. The number of hydrogen-bond acceptors (Lipinski definition) is 4. The summed E-state index contributed by atoms with van der Waals surface area (Å²) in [5.74, 6) is 0. The molecule has 0 fully saturated rings. The van der Waals surface area contributed by atoms with Gasteiger partial charge in [-0.15, -0.1) is 0 Å². The minimum absolute atomic E-state index is 0.255. The Morgan fingerprint density at radius 2 is 2.17 bits per heavy atom. The average molecular weight is 245 g/mol. The first-order chi connectivity index (χ1) is 8.72. The fourth-order valence-electron chi connectivity index (χ4n) is 1.94. The summed E-state index contributed by atoms with van der Waals surface area (Å²) < 4.78 is 5.40. The van der Waals surface area contributed by atoms with E-state index in [4.69, 9.17) is 10.5 Å². The monoisotopic (exact) mass is 245 g/mol. The van der Waals surface area contributed by atoms with Crippen LogP contribution in [0.25, 0.3) is 10.8 Å². The topological polar surface area (TPSA) is 60.2 Å². The third kappa shape index (κ3) is 2.71. The zero-order valence-electron chi connectivity index (χ0n) is 10.8. The molecule has 0 amide bonds. The van der Waals surface area contributed by atoms with Crippen LogP contribution in [-0.4, -0.2) is 24.2 Å². The van der Waals surface area contributed by atoms with Gasteiger partial charge in [-0.05, 0) is 32.0 Å². The molecular formula is C14H19N3O. The summed E-state index contributed by atoms with van der Waals surface area (Å²) in [5.41, 5.74) is 7.76. The predicted molar refractivity (Wildman–Crippen MR) is 75.7 cm³/mol. The van der Waals surface area contributed by atoms with Gasteiger partial charge in [0.1, 0.15) is 0 Å². The minimum atomic E-state index is 0.255. The van der Waals surface area contributed by atoms with Gasteiger partial charge in [-0.2, -0.15) is 0 Å². The van der Waals surface area contributed by atoms with Crippen LogP contribution in [0.2, 0.25) is 0 Å². The van der Waals surface area contributed by atoms with Gasteiger partial charge in [-0.1, -0.05) is 0 Å². The van der Waals surface area contributed by atoms with Crippen LogP contribution in [0.4, 0.5) is 11.4 Å². The molecule has 0 aliphatic heterocycles. The molecule has 0 saturated heterocycles. The molecule has 0 spiro atoms. The number of ether oxygens (including phenoxy) is 1. The average Bonchev–Trinajstić information content (AvgIpc) is 2.40. The molecular weight excluding hydrogens is 226 g/mol. The molecule has 0 radical (unpaired) electrons. The fraction of sp³-hybridized carbons (Fsp3) is 0.357. The van der Waals surface area contributed by atoms with Crippen molar-refractivity contribution in [2.45, 2.75) is 19.9 Å². The first-order valence-electron chi connectivity index (χ1n) is 6.19. The predicted octanol–water partition coefficient (Wildman–Crippen LogP) is 2.65. The summed E-state index contributed by atoms with van der Waals surface area (Å²) in [6.45, 7) is 5.52. The van der Waals surface area contributed by atoms with Gasteiger partial charge < -0.3 is 15.8 Å². The molecule has 96 valence electrons. The van der Waals surface area contributed by atoms with Crippen molar-refractivity contribution in [3.8, 4) is 0 Å². The lowest BCUT2D eigenvalue weighted by molar-refractivity contribution is 0.141. The number of anilines is 2. The molecule has 0 saturated carbocycles. The second-order valence-electron chi connectivity index (χ2n) is 4.33. The molecule has 4 heteroatoms. The Balaban J connectivity index is 2.26. The van der Waals surface area contributed by atoms with E-state index < -0.39 is 0 Å². The van der Waals surface area contributed by atoms with Gasteiger partial charge in [-0.25, -0.2) is 0 Å². The van der Waals surface area contributed by atoms with Crippen LogP contribution in [0.1, 0.15) is 13.8 Å². The molecule has 1 aromatic carbocycles. The van der Waals surface area contributed by atoms with Crippen LogP contribution in [0, 0.1) is 0 Å². The van der Waals surface area contributed by atoms with E-state index in [2.05, 4.69) is 17.2 Å². The Hall–Kier alpha value is -1.81. The summed E-state index contributed by atoms with van der Waals surface area (Å²) in [7, 11) is 0. The van der Waals surface area contributed by atoms with E-state index >= 15 is 0 Å². The van der Waals surface area contributed by atoms with Crippen LogP contribution in [-0.2, 0) is 4.74 Å². The maximum Gasteiger partial charge on any atom is 0.0664 e. The third-order valence-electron chi connectivity index (χ3n) is 2.83. The first-order valence-corrected chi connectivity index (χ1v) is 6.19. The summed E-state index contributed by atoms with van der Waals surface area (Å²) in [6.07, 6.45) is 3.57. The van der Waals surface area contributed by atoms with Crippen LogP contribution >= 0.6 is 0 Å². The van der Waals surface area contributed by atoms with Gasteiger partial charge in [-0.3, -0.25) is 4.98 Å². The van der Waals surface area contributed by atoms with Crippen molar-refractivity contribution < 1.29 is 4.74 Å². The van der Waals surface area contributed by atoms with Gasteiger partial charge in [0.15, 0.2) is 0 Å². The second kappa shape index (κ2) is 5.69. The van der Waals surface area contributed by atoms with E-state index in [1.807, 2.05) is 25.1 Å². The minimum Gasteiger partial charge on any atom is -0.398 e. The van der Waals surface area contributed by atoms with Crippen molar-refractivity contribution in [3.63, 3.8) is 0 Å². The Bertz CT molecular complexity index is 527. The highest BCUT2D eigenvalue weighted by Crippen LogP contribution is 2.27. The highest BCUT2D eigenvalue weighted by molar-refractivity contribution is 6.00. The van der Waals surface area contributed by atoms with Crippen molar-refractivity contribution in [1.82, 2.24) is 4.98 Å². The lowest BCUT2D eigenvalue weighted by atomic mass is 10.1. The van der Waals surface area contributed by atoms with Gasteiger partial charge in [0.2, 0.25) is 0 Å². The van der Waals surface area contributed by atoms with E-state index in [0.29, 0.717) is 6.61 Å². The smallest absolute Gasteiger partial charge is 0.0664 e. The number of hydrogen-bond donors (Lipinski definition) is 2. The summed E-state index contributed by atoms with van der Waals surface area (Å²) in [6, 6.07) is 6.13. The van der Waals surface area contributed by atoms with Gasteiger partial charge in [0.25, 0.3) is 0 Å². The number of nitrogen functional groups attached to an aromatic ring is 1.